The zero-order chi connectivity index (χ0) is 15.2. The van der Waals surface area contributed by atoms with Gasteiger partial charge in [0, 0.05) is 23.6 Å². The highest BCUT2D eigenvalue weighted by Crippen LogP contribution is 2.23. The Morgan fingerprint density at radius 2 is 1.90 bits per heavy atom. The van der Waals surface area contributed by atoms with Gasteiger partial charge in [0.2, 0.25) is 0 Å². The first kappa shape index (κ1) is 16.0. The number of ether oxygens (including phenoxy) is 1. The van der Waals surface area contributed by atoms with Crippen LogP contribution in [0, 0.1) is 0 Å². The second kappa shape index (κ2) is 7.59. The maximum absolute atomic E-state index is 5.98. The maximum atomic E-state index is 5.98. The van der Waals surface area contributed by atoms with E-state index < -0.39 is 0 Å². The molecule has 0 aliphatic rings. The quantitative estimate of drug-likeness (QED) is 0.866. The highest BCUT2D eigenvalue weighted by atomic mass is 79.9. The molecule has 1 unspecified atom stereocenters. The first-order chi connectivity index (χ1) is 10.1. The number of likely N-dealkylation sites (N-methyl/N-ethyl adjacent to an activating group) is 1. The molecule has 21 heavy (non-hydrogen) atoms. The molecule has 0 saturated heterocycles. The number of nitrogens with two attached hydrogens (primary N) is 1. The molecule has 0 fully saturated rings. The summed E-state index contributed by atoms with van der Waals surface area (Å²) >= 11 is 3.51. The van der Waals surface area contributed by atoms with Gasteiger partial charge in [-0.1, -0.05) is 40.2 Å². The molecule has 2 aromatic rings. The van der Waals surface area contributed by atoms with E-state index in [0.717, 1.165) is 16.8 Å². The summed E-state index contributed by atoms with van der Waals surface area (Å²) in [6.45, 7) is 1.43. The van der Waals surface area contributed by atoms with Crippen LogP contribution in [0.3, 0.4) is 0 Å². The van der Waals surface area contributed by atoms with E-state index in [1.165, 1.54) is 11.1 Å². The molecule has 3 nitrogen and oxygen atoms in total. The van der Waals surface area contributed by atoms with Gasteiger partial charge in [-0.3, -0.25) is 4.90 Å². The summed E-state index contributed by atoms with van der Waals surface area (Å²) in [5, 5.41) is 0. The smallest absolute Gasteiger partial charge is 0.118 e. The predicted molar refractivity (Wildman–Crippen MR) is 90.4 cm³/mol. The number of rotatable bonds is 6. The molecule has 0 radical (unpaired) electrons. The van der Waals surface area contributed by atoms with Gasteiger partial charge in [0.15, 0.2) is 0 Å². The van der Waals surface area contributed by atoms with Gasteiger partial charge in [-0.25, -0.2) is 0 Å². The van der Waals surface area contributed by atoms with Crippen molar-refractivity contribution in [3.8, 4) is 5.75 Å². The molecule has 0 saturated carbocycles. The summed E-state index contributed by atoms with van der Waals surface area (Å²) in [6.07, 6.45) is 0. The summed E-state index contributed by atoms with van der Waals surface area (Å²) in [6, 6.07) is 16.7. The Bertz CT molecular complexity index is 571. The topological polar surface area (TPSA) is 38.5 Å². The fourth-order valence-electron chi connectivity index (χ4n) is 2.43. The van der Waals surface area contributed by atoms with Crippen molar-refractivity contribution >= 4 is 15.9 Å². The maximum Gasteiger partial charge on any atom is 0.118 e. The van der Waals surface area contributed by atoms with Crippen LogP contribution in [0.4, 0.5) is 0 Å². The highest BCUT2D eigenvalue weighted by Gasteiger charge is 2.15. The number of nitrogens with zero attached hydrogens (tertiary/aromatic N) is 1. The Morgan fingerprint density at radius 3 is 2.48 bits per heavy atom. The van der Waals surface area contributed by atoms with Gasteiger partial charge in [-0.05, 0) is 42.4 Å². The van der Waals surface area contributed by atoms with Crippen LogP contribution in [0.2, 0.25) is 0 Å². The predicted octanol–water partition coefficient (Wildman–Crippen LogP) is 3.59. The molecular weight excluding hydrogens is 328 g/mol. The van der Waals surface area contributed by atoms with Crippen molar-refractivity contribution in [1.82, 2.24) is 4.90 Å². The molecule has 2 N–H and O–H groups in total. The number of benzene rings is 2. The molecule has 0 heterocycles. The molecule has 0 aliphatic carbocycles. The fourth-order valence-corrected chi connectivity index (χ4v) is 2.88. The van der Waals surface area contributed by atoms with Crippen molar-refractivity contribution in [3.63, 3.8) is 0 Å². The third-order valence-corrected chi connectivity index (χ3v) is 4.07. The lowest BCUT2D eigenvalue weighted by Gasteiger charge is -2.27. The van der Waals surface area contributed by atoms with Gasteiger partial charge in [0.1, 0.15) is 5.75 Å². The number of hydrogen-bond donors (Lipinski definition) is 1. The number of methoxy groups -OCH3 is 1. The first-order valence-electron chi connectivity index (χ1n) is 6.92. The molecule has 4 heteroatoms. The molecule has 0 aromatic heterocycles. The van der Waals surface area contributed by atoms with Crippen molar-refractivity contribution in [2.75, 3.05) is 20.7 Å². The van der Waals surface area contributed by atoms with Crippen LogP contribution >= 0.6 is 15.9 Å². The van der Waals surface area contributed by atoms with E-state index in [1.54, 1.807) is 7.11 Å². The largest absolute Gasteiger partial charge is 0.497 e. The molecule has 0 amide bonds. The first-order valence-corrected chi connectivity index (χ1v) is 7.72. The van der Waals surface area contributed by atoms with Crippen molar-refractivity contribution in [1.29, 1.82) is 0 Å². The van der Waals surface area contributed by atoms with Gasteiger partial charge >= 0.3 is 0 Å². The van der Waals surface area contributed by atoms with Crippen LogP contribution in [0.5, 0.6) is 5.75 Å². The molecule has 2 rings (SSSR count). The van der Waals surface area contributed by atoms with Crippen LogP contribution in [0.15, 0.2) is 53.0 Å². The minimum Gasteiger partial charge on any atom is -0.497 e. The average Bonchev–Trinajstić information content (AvgIpc) is 2.48. The van der Waals surface area contributed by atoms with Crippen LogP contribution in [0.25, 0.3) is 0 Å². The Hall–Kier alpha value is -1.36. The van der Waals surface area contributed by atoms with Crippen LogP contribution in [-0.2, 0) is 6.54 Å². The number of hydrogen-bond acceptors (Lipinski definition) is 3. The van der Waals surface area contributed by atoms with E-state index in [9.17, 15) is 0 Å². The summed E-state index contributed by atoms with van der Waals surface area (Å²) in [4.78, 5) is 2.27. The lowest BCUT2D eigenvalue weighted by atomic mass is 10.0. The van der Waals surface area contributed by atoms with Crippen LogP contribution in [0.1, 0.15) is 17.2 Å². The highest BCUT2D eigenvalue weighted by molar-refractivity contribution is 9.10. The second-order valence-corrected chi connectivity index (χ2v) is 5.99. The van der Waals surface area contributed by atoms with Crippen LogP contribution in [-0.4, -0.2) is 25.6 Å². The molecule has 112 valence electrons. The zero-order valence-corrected chi connectivity index (χ0v) is 14.0. The van der Waals surface area contributed by atoms with Crippen LogP contribution < -0.4 is 10.5 Å². The lowest BCUT2D eigenvalue weighted by Crippen LogP contribution is -2.30. The van der Waals surface area contributed by atoms with Gasteiger partial charge in [0.05, 0.1) is 7.11 Å². The molecule has 1 atom stereocenters. The second-order valence-electron chi connectivity index (χ2n) is 5.07. The van der Waals surface area contributed by atoms with Crippen molar-refractivity contribution in [2.24, 2.45) is 5.73 Å². The minimum absolute atomic E-state index is 0.190. The fraction of sp³-hybridized carbons (Fsp3) is 0.294. The Labute approximate surface area is 134 Å². The normalized spacial score (nSPS) is 12.4. The summed E-state index contributed by atoms with van der Waals surface area (Å²) in [5.74, 6) is 0.865. The van der Waals surface area contributed by atoms with Gasteiger partial charge < -0.3 is 10.5 Å². The molecule has 2 aromatic carbocycles. The Morgan fingerprint density at radius 1 is 1.19 bits per heavy atom. The van der Waals surface area contributed by atoms with E-state index in [2.05, 4.69) is 58.2 Å². The third kappa shape index (κ3) is 4.30. The van der Waals surface area contributed by atoms with E-state index in [0.29, 0.717) is 6.54 Å². The van der Waals surface area contributed by atoms with E-state index in [-0.39, 0.29) is 6.04 Å². The van der Waals surface area contributed by atoms with Crippen molar-refractivity contribution in [3.05, 3.63) is 64.1 Å². The van der Waals surface area contributed by atoms with E-state index in [4.69, 9.17) is 10.5 Å². The van der Waals surface area contributed by atoms with Gasteiger partial charge in [0.25, 0.3) is 0 Å². The van der Waals surface area contributed by atoms with Crippen molar-refractivity contribution < 1.29 is 4.74 Å². The molecule has 0 spiro atoms. The zero-order valence-electron chi connectivity index (χ0n) is 12.4. The van der Waals surface area contributed by atoms with Crippen molar-refractivity contribution in [2.45, 2.75) is 12.6 Å². The SMILES string of the molecule is COc1ccc(C(CN)N(C)Cc2cccc(Br)c2)cc1. The van der Waals surface area contributed by atoms with E-state index >= 15 is 0 Å². The monoisotopic (exact) mass is 348 g/mol. The summed E-state index contributed by atoms with van der Waals surface area (Å²) in [7, 11) is 3.78. The summed E-state index contributed by atoms with van der Waals surface area (Å²) < 4.78 is 6.30. The molecule has 0 aliphatic heterocycles. The lowest BCUT2D eigenvalue weighted by molar-refractivity contribution is 0.241. The van der Waals surface area contributed by atoms with E-state index in [1.807, 2.05) is 18.2 Å². The molecular formula is C17H21BrN2O. The van der Waals surface area contributed by atoms with Gasteiger partial charge in [-0.2, -0.15) is 0 Å². The summed E-state index contributed by atoms with van der Waals surface area (Å²) in [5.41, 5.74) is 8.44. The Kier molecular flexibility index (Phi) is 5.79. The number of halogens is 1. The minimum atomic E-state index is 0.190. The standard InChI is InChI=1S/C17H21BrN2O/c1-20(12-13-4-3-5-15(18)10-13)17(11-19)14-6-8-16(21-2)9-7-14/h3-10,17H,11-12,19H2,1-2H3. The molecule has 0 bridgehead atoms. The third-order valence-electron chi connectivity index (χ3n) is 3.58. The van der Waals surface area contributed by atoms with Gasteiger partial charge in [-0.15, -0.1) is 0 Å². The Balaban J connectivity index is 2.12. The average molecular weight is 349 g/mol.